The Balaban J connectivity index is 2.07. The van der Waals surface area contributed by atoms with Gasteiger partial charge in [0.15, 0.2) is 0 Å². The Labute approximate surface area is 149 Å². The van der Waals surface area contributed by atoms with E-state index in [9.17, 15) is 4.21 Å². The van der Waals surface area contributed by atoms with E-state index >= 15 is 0 Å². The molecular formula is C18H19N5OS. The van der Waals surface area contributed by atoms with Gasteiger partial charge in [-0.05, 0) is 24.3 Å². The SMILES string of the molecule is CN(C)c1ccc(-c2nc(N)nnc2-c2ccc(S(C)=O)cc2)cc1. The Morgan fingerprint density at radius 2 is 1.44 bits per heavy atom. The van der Waals surface area contributed by atoms with Crippen LogP contribution in [0.1, 0.15) is 0 Å². The average molecular weight is 353 g/mol. The van der Waals surface area contributed by atoms with Crippen molar-refractivity contribution in [1.82, 2.24) is 15.2 Å². The molecule has 1 aromatic heterocycles. The van der Waals surface area contributed by atoms with Crippen LogP contribution in [0.2, 0.25) is 0 Å². The summed E-state index contributed by atoms with van der Waals surface area (Å²) in [5.74, 6) is 0.127. The first-order valence-electron chi connectivity index (χ1n) is 7.67. The van der Waals surface area contributed by atoms with Crippen LogP contribution in [0, 0.1) is 0 Å². The Morgan fingerprint density at radius 3 is 2.00 bits per heavy atom. The maximum absolute atomic E-state index is 11.6. The summed E-state index contributed by atoms with van der Waals surface area (Å²) in [4.78, 5) is 7.17. The molecule has 2 N–H and O–H groups in total. The normalized spacial score (nSPS) is 12.0. The van der Waals surface area contributed by atoms with Crippen molar-refractivity contribution < 1.29 is 4.21 Å². The molecule has 0 fully saturated rings. The van der Waals surface area contributed by atoms with Crippen LogP contribution in [0.4, 0.5) is 11.6 Å². The minimum Gasteiger partial charge on any atom is -0.378 e. The van der Waals surface area contributed by atoms with Crippen LogP contribution in [0.15, 0.2) is 53.4 Å². The zero-order chi connectivity index (χ0) is 18.0. The molecule has 0 spiro atoms. The van der Waals surface area contributed by atoms with E-state index in [-0.39, 0.29) is 5.95 Å². The van der Waals surface area contributed by atoms with Gasteiger partial charge in [0.1, 0.15) is 11.4 Å². The number of rotatable bonds is 4. The standard InChI is InChI=1S/C18H19N5OS/c1-23(2)14-8-4-12(5-9-14)16-17(21-22-18(19)20-16)13-6-10-15(11-7-13)25(3)24/h4-11H,1-3H3,(H2,19,20,22). The topological polar surface area (TPSA) is 85.0 Å². The Hall–Kier alpha value is -2.80. The molecule has 0 radical (unpaired) electrons. The zero-order valence-electron chi connectivity index (χ0n) is 14.3. The van der Waals surface area contributed by atoms with Gasteiger partial charge in [0.2, 0.25) is 5.95 Å². The van der Waals surface area contributed by atoms with Gasteiger partial charge >= 0.3 is 0 Å². The van der Waals surface area contributed by atoms with Gasteiger partial charge < -0.3 is 10.6 Å². The van der Waals surface area contributed by atoms with Gasteiger partial charge in [-0.2, -0.15) is 0 Å². The molecule has 7 heteroatoms. The van der Waals surface area contributed by atoms with Gasteiger partial charge in [0, 0.05) is 52.9 Å². The lowest BCUT2D eigenvalue weighted by Gasteiger charge is -2.13. The number of aromatic nitrogens is 3. The molecule has 1 heterocycles. The van der Waals surface area contributed by atoms with E-state index in [1.165, 1.54) is 0 Å². The third-order valence-electron chi connectivity index (χ3n) is 3.82. The number of benzene rings is 2. The first kappa shape index (κ1) is 17.0. The third-order valence-corrected chi connectivity index (χ3v) is 4.76. The molecule has 3 rings (SSSR count). The molecule has 0 aliphatic heterocycles. The van der Waals surface area contributed by atoms with E-state index in [2.05, 4.69) is 15.2 Å². The van der Waals surface area contributed by atoms with E-state index in [4.69, 9.17) is 5.73 Å². The zero-order valence-corrected chi connectivity index (χ0v) is 15.1. The molecule has 0 saturated carbocycles. The highest BCUT2D eigenvalue weighted by atomic mass is 32.2. The number of anilines is 2. The minimum absolute atomic E-state index is 0.127. The fourth-order valence-corrected chi connectivity index (χ4v) is 2.98. The summed E-state index contributed by atoms with van der Waals surface area (Å²) >= 11 is 0. The third kappa shape index (κ3) is 3.66. The van der Waals surface area contributed by atoms with Crippen molar-refractivity contribution in [3.05, 3.63) is 48.5 Å². The number of nitrogens with zero attached hydrogens (tertiary/aromatic N) is 4. The van der Waals surface area contributed by atoms with Crippen LogP contribution in [0.3, 0.4) is 0 Å². The molecular weight excluding hydrogens is 334 g/mol. The lowest BCUT2D eigenvalue weighted by atomic mass is 10.0. The molecule has 6 nitrogen and oxygen atoms in total. The smallest absolute Gasteiger partial charge is 0.240 e. The highest BCUT2D eigenvalue weighted by Crippen LogP contribution is 2.30. The van der Waals surface area contributed by atoms with Crippen LogP contribution in [-0.4, -0.2) is 39.7 Å². The van der Waals surface area contributed by atoms with Crippen molar-refractivity contribution in [3.63, 3.8) is 0 Å². The van der Waals surface area contributed by atoms with Crippen molar-refractivity contribution in [3.8, 4) is 22.5 Å². The molecule has 2 aromatic carbocycles. The number of hydrogen-bond donors (Lipinski definition) is 1. The molecule has 0 bridgehead atoms. The van der Waals surface area contributed by atoms with Crippen molar-refractivity contribution >= 4 is 22.4 Å². The van der Waals surface area contributed by atoms with E-state index in [0.29, 0.717) is 11.4 Å². The Morgan fingerprint density at radius 1 is 0.880 bits per heavy atom. The molecule has 0 amide bonds. The first-order valence-corrected chi connectivity index (χ1v) is 9.23. The average Bonchev–Trinajstić information content (AvgIpc) is 2.62. The van der Waals surface area contributed by atoms with Crippen molar-refractivity contribution in [2.24, 2.45) is 0 Å². The summed E-state index contributed by atoms with van der Waals surface area (Å²) < 4.78 is 11.6. The molecule has 1 unspecified atom stereocenters. The summed E-state index contributed by atoms with van der Waals surface area (Å²) in [5, 5.41) is 8.13. The first-order chi connectivity index (χ1) is 12.0. The largest absolute Gasteiger partial charge is 0.378 e. The van der Waals surface area contributed by atoms with Crippen molar-refractivity contribution in [1.29, 1.82) is 0 Å². The van der Waals surface area contributed by atoms with E-state index in [1.807, 2.05) is 67.5 Å². The van der Waals surface area contributed by atoms with Crippen LogP contribution in [-0.2, 0) is 10.8 Å². The molecule has 1 atom stereocenters. The van der Waals surface area contributed by atoms with Gasteiger partial charge in [-0.1, -0.05) is 24.3 Å². The lowest BCUT2D eigenvalue weighted by molar-refractivity contribution is 0.687. The Kier molecular flexibility index (Phi) is 4.76. The second kappa shape index (κ2) is 6.98. The van der Waals surface area contributed by atoms with Crippen molar-refractivity contribution in [2.45, 2.75) is 4.90 Å². The summed E-state index contributed by atoms with van der Waals surface area (Å²) in [5.41, 5.74) is 9.91. The molecule has 0 saturated heterocycles. The summed E-state index contributed by atoms with van der Waals surface area (Å²) in [6.45, 7) is 0. The van der Waals surface area contributed by atoms with Gasteiger partial charge in [-0.3, -0.25) is 4.21 Å². The van der Waals surface area contributed by atoms with Gasteiger partial charge in [0.25, 0.3) is 0 Å². The molecule has 25 heavy (non-hydrogen) atoms. The minimum atomic E-state index is -1.02. The monoisotopic (exact) mass is 353 g/mol. The van der Waals surface area contributed by atoms with Gasteiger partial charge in [-0.25, -0.2) is 4.98 Å². The molecule has 3 aromatic rings. The van der Waals surface area contributed by atoms with Gasteiger partial charge in [0.05, 0.1) is 0 Å². The molecule has 0 aliphatic rings. The number of nitrogens with two attached hydrogens (primary N) is 1. The number of hydrogen-bond acceptors (Lipinski definition) is 6. The van der Waals surface area contributed by atoms with E-state index in [0.717, 1.165) is 21.7 Å². The second-order valence-electron chi connectivity index (χ2n) is 5.79. The lowest BCUT2D eigenvalue weighted by Crippen LogP contribution is -2.08. The summed E-state index contributed by atoms with van der Waals surface area (Å²) in [6.07, 6.45) is 1.65. The van der Waals surface area contributed by atoms with E-state index in [1.54, 1.807) is 6.26 Å². The second-order valence-corrected chi connectivity index (χ2v) is 7.17. The fourth-order valence-electron chi connectivity index (χ4n) is 2.46. The number of nitrogen functional groups attached to an aromatic ring is 1. The van der Waals surface area contributed by atoms with Crippen LogP contribution in [0.25, 0.3) is 22.5 Å². The molecule has 0 aliphatic carbocycles. The maximum Gasteiger partial charge on any atom is 0.240 e. The highest BCUT2D eigenvalue weighted by molar-refractivity contribution is 7.84. The van der Waals surface area contributed by atoms with Crippen LogP contribution < -0.4 is 10.6 Å². The highest BCUT2D eigenvalue weighted by Gasteiger charge is 2.13. The maximum atomic E-state index is 11.6. The van der Waals surface area contributed by atoms with Crippen LogP contribution in [0.5, 0.6) is 0 Å². The predicted octanol–water partition coefficient (Wildman–Crippen LogP) is 2.59. The van der Waals surface area contributed by atoms with Crippen LogP contribution >= 0.6 is 0 Å². The summed E-state index contributed by atoms with van der Waals surface area (Å²) in [6, 6.07) is 15.4. The summed E-state index contributed by atoms with van der Waals surface area (Å²) in [7, 11) is 2.96. The van der Waals surface area contributed by atoms with Crippen molar-refractivity contribution in [2.75, 3.05) is 31.0 Å². The van der Waals surface area contributed by atoms with Gasteiger partial charge in [-0.15, -0.1) is 10.2 Å². The fraction of sp³-hybridized carbons (Fsp3) is 0.167. The van der Waals surface area contributed by atoms with E-state index < -0.39 is 10.8 Å². The Bertz CT molecular complexity index is 908. The quantitative estimate of drug-likeness (QED) is 0.776. The molecule has 128 valence electrons. The predicted molar refractivity (Wildman–Crippen MR) is 102 cm³/mol.